The molecular formula is C19H17NO4. The van der Waals surface area contributed by atoms with Crippen molar-refractivity contribution in [3.05, 3.63) is 42.0 Å². The highest BCUT2D eigenvalue weighted by atomic mass is 16.5. The van der Waals surface area contributed by atoms with E-state index in [0.717, 1.165) is 33.2 Å². The van der Waals surface area contributed by atoms with Crippen molar-refractivity contribution in [2.45, 2.75) is 6.54 Å². The zero-order valence-corrected chi connectivity index (χ0v) is 13.4. The number of anilines is 1. The highest BCUT2D eigenvalue weighted by Crippen LogP contribution is 2.48. The molecule has 0 radical (unpaired) electrons. The summed E-state index contributed by atoms with van der Waals surface area (Å²) in [6, 6.07) is 10.7. The lowest BCUT2D eigenvalue weighted by Crippen LogP contribution is -2.22. The molecule has 0 atom stereocenters. The van der Waals surface area contributed by atoms with Gasteiger partial charge in [0.1, 0.15) is 0 Å². The monoisotopic (exact) mass is 323 g/mol. The van der Waals surface area contributed by atoms with Gasteiger partial charge in [-0.25, -0.2) is 0 Å². The second-order valence-corrected chi connectivity index (χ2v) is 6.02. The number of hydrogen-bond acceptors (Lipinski definition) is 5. The first-order valence-electron chi connectivity index (χ1n) is 7.60. The van der Waals surface area contributed by atoms with Gasteiger partial charge < -0.3 is 25.0 Å². The summed E-state index contributed by atoms with van der Waals surface area (Å²) in [5, 5.41) is 31.8. The summed E-state index contributed by atoms with van der Waals surface area (Å²) in [6.45, 7) is 0.520. The number of fused-ring (bicyclic) bond motifs is 5. The summed E-state index contributed by atoms with van der Waals surface area (Å²) in [4.78, 5) is 2.02. The fourth-order valence-electron chi connectivity index (χ4n) is 3.47. The fourth-order valence-corrected chi connectivity index (χ4v) is 3.47. The van der Waals surface area contributed by atoms with Crippen LogP contribution in [0.5, 0.6) is 23.0 Å². The Labute approximate surface area is 139 Å². The predicted molar refractivity (Wildman–Crippen MR) is 93.0 cm³/mol. The Hall–Kier alpha value is -3.08. The Morgan fingerprint density at radius 3 is 2.42 bits per heavy atom. The molecule has 1 aliphatic heterocycles. The molecule has 3 aromatic rings. The van der Waals surface area contributed by atoms with Crippen molar-refractivity contribution in [2.24, 2.45) is 0 Å². The predicted octanol–water partition coefficient (Wildman–Crippen LogP) is 3.58. The van der Waals surface area contributed by atoms with Crippen molar-refractivity contribution < 1.29 is 20.1 Å². The van der Waals surface area contributed by atoms with E-state index in [4.69, 9.17) is 4.74 Å². The third-order valence-corrected chi connectivity index (χ3v) is 4.62. The first-order chi connectivity index (χ1) is 11.5. The zero-order valence-electron chi connectivity index (χ0n) is 13.4. The van der Waals surface area contributed by atoms with Gasteiger partial charge >= 0.3 is 0 Å². The third-order valence-electron chi connectivity index (χ3n) is 4.62. The van der Waals surface area contributed by atoms with Crippen LogP contribution < -0.4 is 9.64 Å². The quantitative estimate of drug-likeness (QED) is 0.597. The van der Waals surface area contributed by atoms with Gasteiger partial charge in [-0.1, -0.05) is 12.1 Å². The maximum atomic E-state index is 10.4. The molecule has 4 rings (SSSR count). The molecule has 0 aromatic heterocycles. The Morgan fingerprint density at radius 1 is 0.958 bits per heavy atom. The van der Waals surface area contributed by atoms with Crippen LogP contribution in [0.15, 0.2) is 36.4 Å². The highest BCUT2D eigenvalue weighted by Gasteiger charge is 2.26. The van der Waals surface area contributed by atoms with Gasteiger partial charge in [0.05, 0.1) is 12.8 Å². The average molecular weight is 323 g/mol. The summed E-state index contributed by atoms with van der Waals surface area (Å²) in [6.07, 6.45) is 0. The van der Waals surface area contributed by atoms with Crippen molar-refractivity contribution in [1.82, 2.24) is 0 Å². The number of phenolic OH excluding ortho intramolecular Hbond substituents is 3. The molecule has 0 fully saturated rings. The lowest BCUT2D eigenvalue weighted by Gasteiger charge is -2.31. The van der Waals surface area contributed by atoms with Crippen molar-refractivity contribution in [1.29, 1.82) is 0 Å². The Balaban J connectivity index is 2.05. The molecule has 1 heterocycles. The van der Waals surface area contributed by atoms with Crippen LogP contribution in [0.3, 0.4) is 0 Å². The van der Waals surface area contributed by atoms with Gasteiger partial charge in [0.15, 0.2) is 23.0 Å². The van der Waals surface area contributed by atoms with E-state index < -0.39 is 0 Å². The number of rotatable bonds is 1. The number of nitrogens with zero attached hydrogens (tertiary/aromatic N) is 1. The molecule has 0 saturated heterocycles. The number of ether oxygens (including phenoxy) is 1. The maximum absolute atomic E-state index is 10.4. The molecule has 5 heteroatoms. The van der Waals surface area contributed by atoms with E-state index in [1.165, 1.54) is 7.11 Å². The largest absolute Gasteiger partial charge is 0.504 e. The molecular weight excluding hydrogens is 306 g/mol. The van der Waals surface area contributed by atoms with Gasteiger partial charge in [0.2, 0.25) is 0 Å². The van der Waals surface area contributed by atoms with Crippen LogP contribution in [0.25, 0.3) is 21.9 Å². The van der Waals surface area contributed by atoms with E-state index in [2.05, 4.69) is 0 Å². The normalized spacial score (nSPS) is 12.8. The third kappa shape index (κ3) is 1.88. The topological polar surface area (TPSA) is 73.2 Å². The number of benzene rings is 3. The minimum absolute atomic E-state index is 0.135. The van der Waals surface area contributed by atoms with E-state index >= 15 is 0 Å². The minimum atomic E-state index is -0.146. The maximum Gasteiger partial charge on any atom is 0.163 e. The summed E-state index contributed by atoms with van der Waals surface area (Å²) in [5.74, 6) is 0.325. The van der Waals surface area contributed by atoms with Gasteiger partial charge in [-0.15, -0.1) is 0 Å². The molecule has 1 aliphatic rings. The van der Waals surface area contributed by atoms with Crippen LogP contribution in [0.1, 0.15) is 5.56 Å². The zero-order chi connectivity index (χ0) is 17.0. The Bertz CT molecular complexity index is 981. The standard InChI is InChI=1S/C19H17NO4/c1-20-9-14-11(5-6-17(24-2)19(14)23)12-4-3-10-7-15(21)16(22)8-13(10)18(12)20/h3-8,21-23H,9H2,1-2H3. The second kappa shape index (κ2) is 4.96. The van der Waals surface area contributed by atoms with Crippen molar-refractivity contribution in [2.75, 3.05) is 19.1 Å². The molecule has 3 N–H and O–H groups in total. The van der Waals surface area contributed by atoms with Crippen molar-refractivity contribution >= 4 is 16.5 Å². The van der Waals surface area contributed by atoms with E-state index in [9.17, 15) is 15.3 Å². The molecule has 0 aliphatic carbocycles. The van der Waals surface area contributed by atoms with Crippen LogP contribution in [0, 0.1) is 0 Å². The lowest BCUT2D eigenvalue weighted by atomic mass is 9.90. The highest BCUT2D eigenvalue weighted by molar-refractivity contribution is 6.05. The second-order valence-electron chi connectivity index (χ2n) is 6.02. The Morgan fingerprint density at radius 2 is 1.67 bits per heavy atom. The SMILES string of the molecule is COc1ccc2c(c1O)CN(C)c1c-2ccc2cc(O)c(O)cc12. The van der Waals surface area contributed by atoms with Gasteiger partial charge in [-0.3, -0.25) is 0 Å². The van der Waals surface area contributed by atoms with Crippen LogP contribution in [-0.4, -0.2) is 29.5 Å². The number of methoxy groups -OCH3 is 1. The van der Waals surface area contributed by atoms with Crippen molar-refractivity contribution in [3.63, 3.8) is 0 Å². The molecule has 122 valence electrons. The van der Waals surface area contributed by atoms with Gasteiger partial charge in [0, 0.05) is 30.1 Å². The van der Waals surface area contributed by atoms with Crippen LogP contribution in [0.4, 0.5) is 5.69 Å². The number of hydrogen-bond donors (Lipinski definition) is 3. The minimum Gasteiger partial charge on any atom is -0.504 e. The summed E-state index contributed by atoms with van der Waals surface area (Å²) < 4.78 is 5.20. The van der Waals surface area contributed by atoms with Crippen LogP contribution in [-0.2, 0) is 6.54 Å². The van der Waals surface area contributed by atoms with E-state index in [1.807, 2.05) is 30.1 Å². The van der Waals surface area contributed by atoms with E-state index in [1.54, 1.807) is 18.2 Å². The molecule has 5 nitrogen and oxygen atoms in total. The molecule has 0 bridgehead atoms. The van der Waals surface area contributed by atoms with Crippen LogP contribution >= 0.6 is 0 Å². The molecule has 24 heavy (non-hydrogen) atoms. The summed E-state index contributed by atoms with van der Waals surface area (Å²) in [7, 11) is 3.47. The molecule has 0 unspecified atom stereocenters. The van der Waals surface area contributed by atoms with Crippen LogP contribution in [0.2, 0.25) is 0 Å². The summed E-state index contributed by atoms with van der Waals surface area (Å²) >= 11 is 0. The van der Waals surface area contributed by atoms with Gasteiger partial charge in [-0.2, -0.15) is 0 Å². The molecule has 3 aromatic carbocycles. The molecule has 0 amide bonds. The lowest BCUT2D eigenvalue weighted by molar-refractivity contribution is 0.370. The smallest absolute Gasteiger partial charge is 0.163 e. The van der Waals surface area contributed by atoms with E-state index in [-0.39, 0.29) is 17.2 Å². The fraction of sp³-hybridized carbons (Fsp3) is 0.158. The van der Waals surface area contributed by atoms with E-state index in [0.29, 0.717) is 12.3 Å². The van der Waals surface area contributed by atoms with Gasteiger partial charge in [0.25, 0.3) is 0 Å². The first-order valence-corrected chi connectivity index (χ1v) is 7.60. The Kier molecular flexibility index (Phi) is 3.00. The molecule has 0 spiro atoms. The van der Waals surface area contributed by atoms with Gasteiger partial charge in [-0.05, 0) is 35.2 Å². The average Bonchev–Trinajstić information content (AvgIpc) is 2.56. The van der Waals surface area contributed by atoms with Crippen molar-refractivity contribution in [3.8, 4) is 34.1 Å². The number of aromatic hydroxyl groups is 3. The summed E-state index contributed by atoms with van der Waals surface area (Å²) in [5.41, 5.74) is 3.68. The molecule has 0 saturated carbocycles. The first kappa shape index (κ1) is 14.5. The number of phenols is 3.